The molecule has 144 valence electrons. The summed E-state index contributed by atoms with van der Waals surface area (Å²) in [7, 11) is 1.75. The Labute approximate surface area is 163 Å². The van der Waals surface area contributed by atoms with Crippen LogP contribution in [0.25, 0.3) is 0 Å². The zero-order valence-electron chi connectivity index (χ0n) is 15.8. The Morgan fingerprint density at radius 2 is 2.04 bits per heavy atom. The highest BCUT2D eigenvalue weighted by atomic mass is 32.1. The Balaban J connectivity index is 1.50. The van der Waals surface area contributed by atoms with Crippen LogP contribution >= 0.6 is 11.3 Å². The third-order valence-corrected chi connectivity index (χ3v) is 5.24. The molecular weight excluding hydrogens is 360 g/mol. The van der Waals surface area contributed by atoms with Crippen molar-refractivity contribution in [3.63, 3.8) is 0 Å². The molecule has 7 nitrogen and oxygen atoms in total. The van der Waals surface area contributed by atoms with E-state index >= 15 is 0 Å². The van der Waals surface area contributed by atoms with Gasteiger partial charge in [0.2, 0.25) is 0 Å². The predicted molar refractivity (Wildman–Crippen MR) is 110 cm³/mol. The molecule has 0 radical (unpaired) electrons. The van der Waals surface area contributed by atoms with Crippen LogP contribution in [-0.2, 0) is 13.1 Å². The van der Waals surface area contributed by atoms with E-state index in [1.54, 1.807) is 18.4 Å². The molecule has 2 heterocycles. The quantitative estimate of drug-likeness (QED) is 0.545. The Hall–Kier alpha value is -2.61. The molecule has 0 saturated carbocycles. The fraction of sp³-hybridized carbons (Fsp3) is 0.421. The minimum absolute atomic E-state index is 0.0196. The summed E-state index contributed by atoms with van der Waals surface area (Å²) in [6, 6.07) is 7.85. The smallest absolute Gasteiger partial charge is 0.321 e. The summed E-state index contributed by atoms with van der Waals surface area (Å²) in [6.45, 7) is 4.99. The number of hydrogen-bond acceptors (Lipinski definition) is 4. The molecule has 1 fully saturated rings. The summed E-state index contributed by atoms with van der Waals surface area (Å²) in [6.07, 6.45) is 4.05. The Morgan fingerprint density at radius 3 is 2.74 bits per heavy atom. The third-order valence-electron chi connectivity index (χ3n) is 4.33. The van der Waals surface area contributed by atoms with Crippen molar-refractivity contribution in [1.82, 2.24) is 20.5 Å². The summed E-state index contributed by atoms with van der Waals surface area (Å²) >= 11 is 1.67. The van der Waals surface area contributed by atoms with Gasteiger partial charge in [0.15, 0.2) is 5.96 Å². The molecular formula is C19H26N6OS. The molecule has 27 heavy (non-hydrogen) atoms. The van der Waals surface area contributed by atoms with Crippen molar-refractivity contribution < 1.29 is 4.79 Å². The molecule has 0 atom stereocenters. The van der Waals surface area contributed by atoms with Crippen LogP contribution < -0.4 is 16.0 Å². The number of amides is 2. The van der Waals surface area contributed by atoms with Gasteiger partial charge in [-0.15, -0.1) is 11.3 Å². The van der Waals surface area contributed by atoms with Crippen LogP contribution in [0.2, 0.25) is 0 Å². The number of urea groups is 1. The molecule has 8 heteroatoms. The molecule has 1 aromatic carbocycles. The summed E-state index contributed by atoms with van der Waals surface area (Å²) in [5.74, 6) is 0.717. The fourth-order valence-electron chi connectivity index (χ4n) is 2.93. The third kappa shape index (κ3) is 5.68. The van der Waals surface area contributed by atoms with Gasteiger partial charge in [0.05, 0.1) is 6.54 Å². The number of nitrogens with one attached hydrogen (secondary N) is 3. The molecule has 2 amide bonds. The maximum atomic E-state index is 12.2. The second-order valence-corrected chi connectivity index (χ2v) is 7.79. The Bertz CT molecular complexity index is 797. The zero-order valence-corrected chi connectivity index (χ0v) is 16.6. The fourth-order valence-corrected chi connectivity index (χ4v) is 3.66. The Morgan fingerprint density at radius 1 is 1.26 bits per heavy atom. The molecule has 3 rings (SSSR count). The van der Waals surface area contributed by atoms with Gasteiger partial charge in [0, 0.05) is 43.4 Å². The first-order valence-corrected chi connectivity index (χ1v) is 9.96. The van der Waals surface area contributed by atoms with Crippen LogP contribution in [-0.4, -0.2) is 42.0 Å². The highest BCUT2D eigenvalue weighted by molar-refractivity contribution is 7.11. The number of hydrogen-bond donors (Lipinski definition) is 3. The van der Waals surface area contributed by atoms with E-state index in [2.05, 4.69) is 25.9 Å². The van der Waals surface area contributed by atoms with E-state index < -0.39 is 0 Å². The lowest BCUT2D eigenvalue weighted by Gasteiger charge is -2.17. The van der Waals surface area contributed by atoms with Gasteiger partial charge in [0.1, 0.15) is 5.01 Å². The second-order valence-electron chi connectivity index (χ2n) is 6.47. The molecule has 0 bridgehead atoms. The normalized spacial score (nSPS) is 14.3. The van der Waals surface area contributed by atoms with E-state index in [1.165, 1.54) is 4.88 Å². The zero-order chi connectivity index (χ0) is 19.1. The van der Waals surface area contributed by atoms with Crippen molar-refractivity contribution in [2.24, 2.45) is 4.99 Å². The highest BCUT2D eigenvalue weighted by Crippen LogP contribution is 2.14. The molecule has 1 saturated heterocycles. The first-order chi connectivity index (χ1) is 13.1. The molecule has 1 aromatic heterocycles. The lowest BCUT2D eigenvalue weighted by molar-refractivity contribution is 0.222. The number of guanidine groups is 1. The van der Waals surface area contributed by atoms with E-state index in [0.29, 0.717) is 19.0 Å². The van der Waals surface area contributed by atoms with Crippen LogP contribution in [0, 0.1) is 6.92 Å². The van der Waals surface area contributed by atoms with E-state index in [-0.39, 0.29) is 6.03 Å². The number of likely N-dealkylation sites (tertiary alicyclic amines) is 1. The molecule has 0 aliphatic carbocycles. The molecule has 2 aromatic rings. The molecule has 1 aliphatic rings. The number of rotatable bonds is 5. The van der Waals surface area contributed by atoms with Crippen LogP contribution in [0.5, 0.6) is 0 Å². The van der Waals surface area contributed by atoms with E-state index in [4.69, 9.17) is 0 Å². The number of anilines is 1. The first-order valence-electron chi connectivity index (χ1n) is 9.15. The largest absolute Gasteiger partial charge is 0.352 e. The summed E-state index contributed by atoms with van der Waals surface area (Å²) in [5, 5.41) is 10.6. The second kappa shape index (κ2) is 9.36. The summed E-state index contributed by atoms with van der Waals surface area (Å²) < 4.78 is 0. The van der Waals surface area contributed by atoms with Crippen molar-refractivity contribution in [1.29, 1.82) is 0 Å². The van der Waals surface area contributed by atoms with Gasteiger partial charge in [-0.1, -0.05) is 12.1 Å². The number of carbonyl (C=O) groups excluding carboxylic acids is 1. The van der Waals surface area contributed by atoms with Gasteiger partial charge in [-0.05, 0) is 37.5 Å². The van der Waals surface area contributed by atoms with Crippen LogP contribution in [0.4, 0.5) is 10.5 Å². The lowest BCUT2D eigenvalue weighted by atomic mass is 10.2. The van der Waals surface area contributed by atoms with Crippen molar-refractivity contribution in [2.45, 2.75) is 32.9 Å². The van der Waals surface area contributed by atoms with Crippen molar-refractivity contribution in [3.8, 4) is 0 Å². The standard InChI is InChI=1S/C19H26N6OS/c1-14-11-21-17(27-14)13-23-18(20-2)22-12-15-6-5-7-16(10-15)24-19(26)25-8-3-4-9-25/h5-7,10-11H,3-4,8-9,12-13H2,1-2H3,(H,24,26)(H2,20,22,23). The molecule has 0 unspecified atom stereocenters. The SMILES string of the molecule is CN=C(NCc1cccc(NC(=O)N2CCCC2)c1)NCc1ncc(C)s1. The topological polar surface area (TPSA) is 81.7 Å². The molecule has 3 N–H and O–H groups in total. The van der Waals surface area contributed by atoms with Crippen LogP contribution in [0.3, 0.4) is 0 Å². The van der Waals surface area contributed by atoms with Crippen molar-refractivity contribution >= 4 is 29.0 Å². The number of thiazole rings is 1. The minimum Gasteiger partial charge on any atom is -0.352 e. The van der Waals surface area contributed by atoms with E-state index in [1.807, 2.05) is 42.3 Å². The minimum atomic E-state index is -0.0196. The number of nitrogens with zero attached hydrogens (tertiary/aromatic N) is 3. The number of aromatic nitrogens is 1. The van der Waals surface area contributed by atoms with Crippen LogP contribution in [0.1, 0.15) is 28.3 Å². The molecule has 0 spiro atoms. The van der Waals surface area contributed by atoms with Crippen molar-refractivity contribution in [2.75, 3.05) is 25.5 Å². The highest BCUT2D eigenvalue weighted by Gasteiger charge is 2.17. The Kier molecular flexibility index (Phi) is 6.64. The summed E-state index contributed by atoms with van der Waals surface area (Å²) in [5.41, 5.74) is 1.88. The first kappa shape index (κ1) is 19.2. The maximum Gasteiger partial charge on any atom is 0.321 e. The number of benzene rings is 1. The van der Waals surface area contributed by atoms with Gasteiger partial charge in [-0.3, -0.25) is 4.99 Å². The number of aryl methyl sites for hydroxylation is 1. The average Bonchev–Trinajstić information content (AvgIpc) is 3.34. The number of aliphatic imine (C=N–C) groups is 1. The van der Waals surface area contributed by atoms with Gasteiger partial charge >= 0.3 is 6.03 Å². The predicted octanol–water partition coefficient (Wildman–Crippen LogP) is 2.94. The van der Waals surface area contributed by atoms with E-state index in [9.17, 15) is 4.79 Å². The van der Waals surface area contributed by atoms with Gasteiger partial charge < -0.3 is 20.9 Å². The number of carbonyl (C=O) groups is 1. The lowest BCUT2D eigenvalue weighted by Crippen LogP contribution is -2.36. The maximum absolute atomic E-state index is 12.2. The average molecular weight is 387 g/mol. The molecule has 1 aliphatic heterocycles. The van der Waals surface area contributed by atoms with Gasteiger partial charge in [-0.25, -0.2) is 9.78 Å². The van der Waals surface area contributed by atoms with E-state index in [0.717, 1.165) is 42.2 Å². The summed E-state index contributed by atoms with van der Waals surface area (Å²) in [4.78, 5) is 23.9. The monoisotopic (exact) mass is 386 g/mol. The van der Waals surface area contributed by atoms with Gasteiger partial charge in [-0.2, -0.15) is 0 Å². The van der Waals surface area contributed by atoms with Gasteiger partial charge in [0.25, 0.3) is 0 Å². The van der Waals surface area contributed by atoms with Crippen LogP contribution in [0.15, 0.2) is 35.5 Å². The van der Waals surface area contributed by atoms with Crippen molar-refractivity contribution in [3.05, 3.63) is 45.9 Å².